The molecule has 23 heavy (non-hydrogen) atoms. The molecule has 0 spiro atoms. The lowest BCUT2D eigenvalue weighted by atomic mass is 10.2. The number of anilines is 1. The largest absolute Gasteiger partial charge is 0.473 e. The van der Waals surface area contributed by atoms with E-state index in [1.54, 1.807) is 0 Å². The van der Waals surface area contributed by atoms with Gasteiger partial charge in [-0.3, -0.25) is 9.69 Å². The number of carbonyl (C=O) groups is 3. The van der Waals surface area contributed by atoms with Crippen LogP contribution in [0.4, 0.5) is 5.69 Å². The van der Waals surface area contributed by atoms with Gasteiger partial charge in [0, 0.05) is 18.8 Å². The van der Waals surface area contributed by atoms with Gasteiger partial charge in [0.25, 0.3) is 0 Å². The van der Waals surface area contributed by atoms with Crippen LogP contribution in [-0.2, 0) is 19.1 Å². The fourth-order valence-corrected chi connectivity index (χ4v) is 1.87. The molecule has 1 heterocycles. The first-order valence-electron chi connectivity index (χ1n) is 7.02. The summed E-state index contributed by atoms with van der Waals surface area (Å²) in [5.74, 6) is -3.61. The van der Waals surface area contributed by atoms with Crippen molar-refractivity contribution in [2.75, 3.05) is 38.2 Å². The molecule has 1 aromatic rings. The maximum Gasteiger partial charge on any atom is 0.414 e. The van der Waals surface area contributed by atoms with Crippen molar-refractivity contribution >= 4 is 23.5 Å². The average Bonchev–Trinajstić information content (AvgIpc) is 2.51. The van der Waals surface area contributed by atoms with Gasteiger partial charge in [0.05, 0.1) is 19.8 Å². The van der Waals surface area contributed by atoms with Crippen LogP contribution in [-0.4, -0.2) is 65.8 Å². The molecule has 1 aliphatic rings. The molecule has 0 aromatic heterocycles. The lowest BCUT2D eigenvalue weighted by molar-refractivity contribution is -0.159. The van der Waals surface area contributed by atoms with Crippen LogP contribution in [0.2, 0.25) is 0 Å². The summed E-state index contributed by atoms with van der Waals surface area (Å²) in [6.45, 7) is 5.54. The molecule has 1 fully saturated rings. The fourth-order valence-electron chi connectivity index (χ4n) is 1.87. The van der Waals surface area contributed by atoms with Crippen molar-refractivity contribution in [2.45, 2.75) is 6.92 Å². The first-order chi connectivity index (χ1) is 10.9. The van der Waals surface area contributed by atoms with Gasteiger partial charge < -0.3 is 20.3 Å². The first kappa shape index (κ1) is 18.6. The van der Waals surface area contributed by atoms with Crippen molar-refractivity contribution in [2.24, 2.45) is 0 Å². The van der Waals surface area contributed by atoms with Crippen LogP contribution in [0.1, 0.15) is 5.56 Å². The molecule has 1 saturated heterocycles. The number of amides is 1. The molecule has 3 N–H and O–H groups in total. The summed E-state index contributed by atoms with van der Waals surface area (Å²) in [6.07, 6.45) is 0. The number of benzene rings is 1. The number of rotatable bonds is 3. The Kier molecular flexibility index (Phi) is 7.72. The number of nitrogens with one attached hydrogen (secondary N) is 1. The zero-order chi connectivity index (χ0) is 17.2. The number of carboxylic acid groups (broad SMARTS) is 2. The maximum atomic E-state index is 11.8. The Morgan fingerprint density at radius 1 is 1.13 bits per heavy atom. The smallest absolute Gasteiger partial charge is 0.414 e. The predicted octanol–water partition coefficient (Wildman–Crippen LogP) is 0.421. The molecule has 0 bridgehead atoms. The monoisotopic (exact) mass is 324 g/mol. The third-order valence-corrected chi connectivity index (χ3v) is 3.07. The Labute approximate surface area is 133 Å². The summed E-state index contributed by atoms with van der Waals surface area (Å²) in [4.78, 5) is 32.1. The van der Waals surface area contributed by atoms with Gasteiger partial charge in [-0.15, -0.1) is 0 Å². The normalized spacial score (nSPS) is 14.3. The van der Waals surface area contributed by atoms with E-state index in [1.165, 1.54) is 0 Å². The van der Waals surface area contributed by atoms with Gasteiger partial charge in [-0.05, 0) is 18.6 Å². The van der Waals surface area contributed by atoms with E-state index in [0.29, 0.717) is 6.54 Å². The van der Waals surface area contributed by atoms with E-state index >= 15 is 0 Å². The van der Waals surface area contributed by atoms with E-state index in [1.807, 2.05) is 31.2 Å². The van der Waals surface area contributed by atoms with Crippen LogP contribution < -0.4 is 5.32 Å². The molecule has 126 valence electrons. The van der Waals surface area contributed by atoms with Gasteiger partial charge in [-0.25, -0.2) is 9.59 Å². The highest BCUT2D eigenvalue weighted by molar-refractivity contribution is 6.27. The molecule has 0 aliphatic carbocycles. The van der Waals surface area contributed by atoms with Gasteiger partial charge in [-0.1, -0.05) is 18.2 Å². The third-order valence-electron chi connectivity index (χ3n) is 3.07. The third kappa shape index (κ3) is 7.39. The van der Waals surface area contributed by atoms with Crippen molar-refractivity contribution in [3.8, 4) is 0 Å². The van der Waals surface area contributed by atoms with E-state index in [4.69, 9.17) is 24.5 Å². The zero-order valence-electron chi connectivity index (χ0n) is 12.8. The number of para-hydroxylation sites is 1. The van der Waals surface area contributed by atoms with Crippen molar-refractivity contribution in [3.63, 3.8) is 0 Å². The second-order valence-electron chi connectivity index (χ2n) is 4.86. The highest BCUT2D eigenvalue weighted by Gasteiger charge is 2.14. The van der Waals surface area contributed by atoms with Crippen LogP contribution in [0.5, 0.6) is 0 Å². The Morgan fingerprint density at radius 3 is 2.22 bits per heavy atom. The van der Waals surface area contributed by atoms with Gasteiger partial charge in [0.2, 0.25) is 5.91 Å². The predicted molar refractivity (Wildman–Crippen MR) is 82.3 cm³/mol. The van der Waals surface area contributed by atoms with Gasteiger partial charge in [-0.2, -0.15) is 0 Å². The minimum Gasteiger partial charge on any atom is -0.473 e. The molecule has 8 nitrogen and oxygen atoms in total. The van der Waals surface area contributed by atoms with E-state index in [2.05, 4.69) is 10.2 Å². The van der Waals surface area contributed by atoms with Crippen LogP contribution in [0, 0.1) is 6.92 Å². The lowest BCUT2D eigenvalue weighted by Gasteiger charge is -2.25. The fraction of sp³-hybridized carbons (Fsp3) is 0.400. The summed E-state index contributed by atoms with van der Waals surface area (Å²) < 4.78 is 5.25. The SMILES string of the molecule is Cc1ccccc1NC(=O)CN1CCOCC1.O=C(O)C(=O)O. The average molecular weight is 324 g/mol. The number of morpholine rings is 1. The Hall–Kier alpha value is -2.45. The molecule has 2 rings (SSSR count). The van der Waals surface area contributed by atoms with Crippen molar-refractivity contribution in [3.05, 3.63) is 29.8 Å². The molecule has 0 unspecified atom stereocenters. The Morgan fingerprint density at radius 2 is 1.70 bits per heavy atom. The molecule has 0 atom stereocenters. The maximum absolute atomic E-state index is 11.8. The number of ether oxygens (including phenoxy) is 1. The number of hydrogen-bond acceptors (Lipinski definition) is 5. The highest BCUT2D eigenvalue weighted by atomic mass is 16.5. The summed E-state index contributed by atoms with van der Waals surface area (Å²) in [7, 11) is 0. The lowest BCUT2D eigenvalue weighted by Crippen LogP contribution is -2.41. The first-order valence-corrected chi connectivity index (χ1v) is 7.02. The number of carbonyl (C=O) groups excluding carboxylic acids is 1. The Balaban J connectivity index is 0.000000379. The quantitative estimate of drug-likeness (QED) is 0.690. The Bertz CT molecular complexity index is 543. The molecule has 8 heteroatoms. The van der Waals surface area contributed by atoms with E-state index < -0.39 is 11.9 Å². The molecular weight excluding hydrogens is 304 g/mol. The van der Waals surface area contributed by atoms with Crippen LogP contribution in [0.15, 0.2) is 24.3 Å². The van der Waals surface area contributed by atoms with Gasteiger partial charge in [0.1, 0.15) is 0 Å². The van der Waals surface area contributed by atoms with Gasteiger partial charge in [0.15, 0.2) is 0 Å². The second-order valence-corrected chi connectivity index (χ2v) is 4.86. The molecule has 1 amide bonds. The second kappa shape index (κ2) is 9.54. The van der Waals surface area contributed by atoms with Crippen molar-refractivity contribution < 1.29 is 29.3 Å². The van der Waals surface area contributed by atoms with E-state index in [0.717, 1.165) is 37.6 Å². The molecular formula is C15H20N2O6. The van der Waals surface area contributed by atoms with Crippen molar-refractivity contribution in [1.82, 2.24) is 4.90 Å². The van der Waals surface area contributed by atoms with Crippen LogP contribution in [0.3, 0.4) is 0 Å². The molecule has 1 aliphatic heterocycles. The van der Waals surface area contributed by atoms with Crippen molar-refractivity contribution in [1.29, 1.82) is 0 Å². The number of aryl methyl sites for hydroxylation is 1. The summed E-state index contributed by atoms with van der Waals surface area (Å²) in [6, 6.07) is 7.81. The van der Waals surface area contributed by atoms with Gasteiger partial charge >= 0.3 is 11.9 Å². The topological polar surface area (TPSA) is 116 Å². The summed E-state index contributed by atoms with van der Waals surface area (Å²) in [5, 5.41) is 17.7. The number of carboxylic acids is 2. The van der Waals surface area contributed by atoms with E-state index in [9.17, 15) is 4.79 Å². The zero-order valence-corrected chi connectivity index (χ0v) is 12.8. The summed E-state index contributed by atoms with van der Waals surface area (Å²) >= 11 is 0. The van der Waals surface area contributed by atoms with E-state index in [-0.39, 0.29) is 5.91 Å². The number of aliphatic carboxylic acids is 2. The highest BCUT2D eigenvalue weighted by Crippen LogP contribution is 2.12. The van der Waals surface area contributed by atoms with Crippen LogP contribution >= 0.6 is 0 Å². The van der Waals surface area contributed by atoms with Crippen LogP contribution in [0.25, 0.3) is 0 Å². The number of hydrogen-bond donors (Lipinski definition) is 3. The summed E-state index contributed by atoms with van der Waals surface area (Å²) in [5.41, 5.74) is 1.98. The molecule has 0 radical (unpaired) electrons. The number of nitrogens with zero attached hydrogens (tertiary/aromatic N) is 1. The minimum atomic E-state index is -1.82. The standard InChI is InChI=1S/C13H18N2O2.C2H2O4/c1-11-4-2-3-5-12(11)14-13(16)10-15-6-8-17-9-7-15;3-1(4)2(5)6/h2-5H,6-10H2,1H3,(H,14,16);(H,3,4)(H,5,6). The molecule has 0 saturated carbocycles. The minimum absolute atomic E-state index is 0.0428. The molecule has 1 aromatic carbocycles.